The molecule has 1 aliphatic heterocycles. The summed E-state index contributed by atoms with van der Waals surface area (Å²) >= 11 is 3.49. The summed E-state index contributed by atoms with van der Waals surface area (Å²) in [5.74, 6) is 0.520. The number of hydrogen-bond acceptors (Lipinski definition) is 5. The normalized spacial score (nSPS) is 22.3. The lowest BCUT2D eigenvalue weighted by molar-refractivity contribution is -0.127. The van der Waals surface area contributed by atoms with Crippen molar-refractivity contribution in [2.45, 2.75) is 11.2 Å². The zero-order valence-corrected chi connectivity index (χ0v) is 13.8. The van der Waals surface area contributed by atoms with Crippen LogP contribution >= 0.6 is 15.9 Å². The van der Waals surface area contributed by atoms with Crippen molar-refractivity contribution in [3.8, 4) is 5.75 Å². The SMILES string of the molecule is CO/N=C(\C)C1(Br)C(=O)N(C)N=C1c1ccc(OC)cc1. The van der Waals surface area contributed by atoms with Crippen LogP contribution in [0.1, 0.15) is 12.5 Å². The van der Waals surface area contributed by atoms with E-state index < -0.39 is 4.32 Å². The number of ether oxygens (including phenoxy) is 1. The van der Waals surface area contributed by atoms with Gasteiger partial charge in [0.05, 0.1) is 12.8 Å². The van der Waals surface area contributed by atoms with Gasteiger partial charge in [-0.2, -0.15) is 5.10 Å². The Balaban J connectivity index is 2.50. The van der Waals surface area contributed by atoms with Crippen molar-refractivity contribution in [2.75, 3.05) is 21.3 Å². The fourth-order valence-electron chi connectivity index (χ4n) is 2.12. The number of nitrogens with zero attached hydrogens (tertiary/aromatic N) is 3. The van der Waals surface area contributed by atoms with Gasteiger partial charge in [-0.25, -0.2) is 5.01 Å². The highest BCUT2D eigenvalue weighted by Gasteiger charge is 2.51. The van der Waals surface area contributed by atoms with Crippen molar-refractivity contribution in [2.24, 2.45) is 10.3 Å². The quantitative estimate of drug-likeness (QED) is 0.472. The zero-order valence-electron chi connectivity index (χ0n) is 12.3. The summed E-state index contributed by atoms with van der Waals surface area (Å²) in [5, 5.41) is 9.51. The molecule has 112 valence electrons. The predicted octanol–water partition coefficient (Wildman–Crippen LogP) is 2.03. The van der Waals surface area contributed by atoms with E-state index in [1.165, 1.54) is 12.1 Å². The van der Waals surface area contributed by atoms with Gasteiger partial charge in [-0.05, 0) is 31.2 Å². The van der Waals surface area contributed by atoms with E-state index in [9.17, 15) is 4.79 Å². The molecule has 0 aliphatic carbocycles. The maximum atomic E-state index is 12.5. The molecule has 0 spiro atoms. The van der Waals surface area contributed by atoms with Crippen LogP contribution in [0.25, 0.3) is 0 Å². The van der Waals surface area contributed by atoms with E-state index in [0.717, 1.165) is 11.3 Å². The molecule has 1 heterocycles. The molecule has 0 radical (unpaired) electrons. The van der Waals surface area contributed by atoms with Crippen LogP contribution in [-0.4, -0.2) is 47.9 Å². The van der Waals surface area contributed by atoms with Gasteiger partial charge in [0.25, 0.3) is 5.91 Å². The second kappa shape index (κ2) is 5.85. The number of carbonyl (C=O) groups excluding carboxylic acids is 1. The van der Waals surface area contributed by atoms with Crippen molar-refractivity contribution in [3.63, 3.8) is 0 Å². The minimum atomic E-state index is -1.12. The van der Waals surface area contributed by atoms with Crippen molar-refractivity contribution in [1.82, 2.24) is 5.01 Å². The van der Waals surface area contributed by atoms with Gasteiger partial charge >= 0.3 is 0 Å². The maximum Gasteiger partial charge on any atom is 0.271 e. The summed E-state index contributed by atoms with van der Waals surface area (Å²) in [7, 11) is 4.64. The summed E-state index contributed by atoms with van der Waals surface area (Å²) in [6.07, 6.45) is 0. The number of rotatable bonds is 4. The van der Waals surface area contributed by atoms with Crippen LogP contribution in [0.5, 0.6) is 5.75 Å². The highest BCUT2D eigenvalue weighted by Crippen LogP contribution is 2.34. The maximum absolute atomic E-state index is 12.5. The van der Waals surface area contributed by atoms with Gasteiger partial charge in [-0.1, -0.05) is 21.1 Å². The molecule has 2 rings (SSSR count). The molecular weight excluding hydrogens is 338 g/mol. The number of oxime groups is 1. The standard InChI is InChI=1S/C14H16BrN3O3/c1-9(17-21-4)14(15)12(16-18(2)13(14)19)10-5-7-11(20-3)8-6-10/h5-8H,1-4H3/b17-9+. The number of halogens is 1. The number of hydrogen-bond donors (Lipinski definition) is 0. The molecule has 1 aromatic carbocycles. The number of alkyl halides is 1. The van der Waals surface area contributed by atoms with E-state index in [0.29, 0.717) is 11.4 Å². The first-order valence-corrected chi connectivity index (χ1v) is 7.03. The Labute approximate surface area is 131 Å². The molecule has 0 fully saturated rings. The number of hydrazone groups is 1. The third-order valence-electron chi connectivity index (χ3n) is 3.26. The lowest BCUT2D eigenvalue weighted by Gasteiger charge is -2.21. The van der Waals surface area contributed by atoms with Crippen LogP contribution < -0.4 is 4.74 Å². The monoisotopic (exact) mass is 353 g/mol. The van der Waals surface area contributed by atoms with E-state index in [4.69, 9.17) is 9.57 Å². The molecule has 0 aromatic heterocycles. The Morgan fingerprint density at radius 2 is 1.95 bits per heavy atom. The molecule has 7 heteroatoms. The molecule has 1 aromatic rings. The van der Waals surface area contributed by atoms with E-state index >= 15 is 0 Å². The van der Waals surface area contributed by atoms with Gasteiger partial charge in [0, 0.05) is 12.6 Å². The number of benzene rings is 1. The Bertz CT molecular complexity index is 612. The van der Waals surface area contributed by atoms with Crippen LogP contribution in [0.4, 0.5) is 0 Å². The highest BCUT2D eigenvalue weighted by atomic mass is 79.9. The Kier molecular flexibility index (Phi) is 4.32. The fourth-order valence-corrected chi connectivity index (χ4v) is 2.76. The molecule has 1 unspecified atom stereocenters. The topological polar surface area (TPSA) is 63.5 Å². The molecule has 6 nitrogen and oxygen atoms in total. The molecular formula is C14H16BrN3O3. The molecule has 0 N–H and O–H groups in total. The van der Waals surface area contributed by atoms with Crippen LogP contribution in [0.2, 0.25) is 0 Å². The van der Waals surface area contributed by atoms with Crippen molar-refractivity contribution in [1.29, 1.82) is 0 Å². The predicted molar refractivity (Wildman–Crippen MR) is 84.1 cm³/mol. The van der Waals surface area contributed by atoms with Crippen molar-refractivity contribution >= 4 is 33.3 Å². The van der Waals surface area contributed by atoms with Gasteiger partial charge < -0.3 is 9.57 Å². The molecule has 21 heavy (non-hydrogen) atoms. The highest BCUT2D eigenvalue weighted by molar-refractivity contribution is 9.11. The van der Waals surface area contributed by atoms with E-state index in [1.807, 2.05) is 24.3 Å². The molecule has 0 bridgehead atoms. The van der Waals surface area contributed by atoms with E-state index in [2.05, 4.69) is 26.2 Å². The van der Waals surface area contributed by atoms with Gasteiger partial charge in [-0.15, -0.1) is 0 Å². The summed E-state index contributed by atoms with van der Waals surface area (Å²) < 4.78 is 4.02. The molecule has 1 amide bonds. The lowest BCUT2D eigenvalue weighted by Crippen LogP contribution is -2.46. The van der Waals surface area contributed by atoms with Gasteiger partial charge in [0.15, 0.2) is 4.32 Å². The largest absolute Gasteiger partial charge is 0.497 e. The molecule has 1 atom stereocenters. The summed E-state index contributed by atoms with van der Waals surface area (Å²) in [6.45, 7) is 1.72. The summed E-state index contributed by atoms with van der Waals surface area (Å²) in [6, 6.07) is 7.33. The molecule has 0 saturated carbocycles. The summed E-state index contributed by atoms with van der Waals surface area (Å²) in [4.78, 5) is 17.3. The Morgan fingerprint density at radius 3 is 2.48 bits per heavy atom. The number of amides is 1. The second-order valence-electron chi connectivity index (χ2n) is 4.52. The fraction of sp³-hybridized carbons (Fsp3) is 0.357. The van der Waals surface area contributed by atoms with E-state index in [-0.39, 0.29) is 5.91 Å². The van der Waals surface area contributed by atoms with E-state index in [1.54, 1.807) is 21.1 Å². The van der Waals surface area contributed by atoms with Gasteiger partial charge in [0.2, 0.25) is 0 Å². The smallest absolute Gasteiger partial charge is 0.271 e. The van der Waals surface area contributed by atoms with Crippen LogP contribution in [-0.2, 0) is 9.63 Å². The Morgan fingerprint density at radius 1 is 1.33 bits per heavy atom. The van der Waals surface area contributed by atoms with Gasteiger partial charge in [-0.3, -0.25) is 4.79 Å². The molecule has 1 aliphatic rings. The average Bonchev–Trinajstić information content (AvgIpc) is 2.73. The third kappa shape index (κ3) is 2.53. The number of methoxy groups -OCH3 is 1. The second-order valence-corrected chi connectivity index (χ2v) is 5.71. The summed E-state index contributed by atoms with van der Waals surface area (Å²) in [5.41, 5.74) is 1.85. The van der Waals surface area contributed by atoms with Crippen molar-refractivity contribution < 1.29 is 14.4 Å². The van der Waals surface area contributed by atoms with Gasteiger partial charge in [0.1, 0.15) is 18.6 Å². The van der Waals surface area contributed by atoms with Crippen LogP contribution in [0, 0.1) is 0 Å². The first-order valence-electron chi connectivity index (χ1n) is 6.24. The minimum Gasteiger partial charge on any atom is -0.497 e. The first-order chi connectivity index (χ1) is 9.94. The van der Waals surface area contributed by atoms with Crippen molar-refractivity contribution in [3.05, 3.63) is 29.8 Å². The molecule has 0 saturated heterocycles. The first kappa shape index (κ1) is 15.5. The Hall–Kier alpha value is -1.89. The lowest BCUT2D eigenvalue weighted by atomic mass is 9.93. The minimum absolute atomic E-state index is 0.216. The van der Waals surface area contributed by atoms with Crippen LogP contribution in [0.3, 0.4) is 0 Å². The van der Waals surface area contributed by atoms with Crippen LogP contribution in [0.15, 0.2) is 34.5 Å². The number of carbonyl (C=O) groups is 1. The third-order valence-corrected chi connectivity index (χ3v) is 4.54. The average molecular weight is 354 g/mol. The zero-order chi connectivity index (χ0) is 15.6.